The van der Waals surface area contributed by atoms with Crippen molar-refractivity contribution in [3.63, 3.8) is 0 Å². The maximum atomic E-state index is 11.6. The molecule has 0 bridgehead atoms. The molecule has 0 aliphatic heterocycles. The Hall–Kier alpha value is -0.400. The van der Waals surface area contributed by atoms with E-state index in [-0.39, 0.29) is 5.92 Å². The van der Waals surface area contributed by atoms with Gasteiger partial charge in [-0.3, -0.25) is 0 Å². The monoisotopic (exact) mass is 147 g/mol. The Kier molecular flexibility index (Phi) is 5.17. The SMILES string of the molecule is C[CH]C(C=C(F)F)CCC. The lowest BCUT2D eigenvalue weighted by molar-refractivity contribution is 0.409. The van der Waals surface area contributed by atoms with E-state index < -0.39 is 6.08 Å². The van der Waals surface area contributed by atoms with Crippen molar-refractivity contribution >= 4 is 0 Å². The molecule has 1 radical (unpaired) electrons. The van der Waals surface area contributed by atoms with Crippen LogP contribution in [-0.2, 0) is 0 Å². The lowest BCUT2D eigenvalue weighted by Crippen LogP contribution is -1.93. The second kappa shape index (κ2) is 5.39. The van der Waals surface area contributed by atoms with Gasteiger partial charge in [0.2, 0.25) is 0 Å². The Labute approximate surface area is 60.9 Å². The molecule has 0 N–H and O–H groups in total. The molecule has 0 fully saturated rings. The third kappa shape index (κ3) is 4.48. The zero-order valence-corrected chi connectivity index (χ0v) is 6.40. The van der Waals surface area contributed by atoms with Gasteiger partial charge in [0.25, 0.3) is 6.08 Å². The Morgan fingerprint density at radius 2 is 2.10 bits per heavy atom. The third-order valence-electron chi connectivity index (χ3n) is 1.39. The number of rotatable bonds is 4. The molecule has 1 unspecified atom stereocenters. The van der Waals surface area contributed by atoms with Gasteiger partial charge in [0.1, 0.15) is 0 Å². The molecule has 2 heteroatoms. The van der Waals surface area contributed by atoms with Gasteiger partial charge < -0.3 is 0 Å². The zero-order valence-electron chi connectivity index (χ0n) is 6.40. The molecule has 0 saturated heterocycles. The van der Waals surface area contributed by atoms with Crippen molar-refractivity contribution < 1.29 is 8.78 Å². The van der Waals surface area contributed by atoms with Gasteiger partial charge in [-0.2, -0.15) is 8.78 Å². The van der Waals surface area contributed by atoms with Gasteiger partial charge in [0, 0.05) is 0 Å². The van der Waals surface area contributed by atoms with Crippen LogP contribution in [0.2, 0.25) is 0 Å². The van der Waals surface area contributed by atoms with E-state index in [2.05, 4.69) is 0 Å². The number of halogens is 2. The molecule has 10 heavy (non-hydrogen) atoms. The lowest BCUT2D eigenvalue weighted by atomic mass is 10.0. The maximum absolute atomic E-state index is 11.6. The molecule has 0 saturated carbocycles. The van der Waals surface area contributed by atoms with Crippen molar-refractivity contribution in [2.45, 2.75) is 26.7 Å². The molecule has 0 aromatic heterocycles. The van der Waals surface area contributed by atoms with E-state index in [4.69, 9.17) is 0 Å². The van der Waals surface area contributed by atoms with Crippen LogP contribution in [-0.4, -0.2) is 0 Å². The van der Waals surface area contributed by atoms with Crippen LogP contribution in [0.3, 0.4) is 0 Å². The Morgan fingerprint density at radius 3 is 2.40 bits per heavy atom. The number of allylic oxidation sites excluding steroid dienone is 1. The fourth-order valence-corrected chi connectivity index (χ4v) is 0.841. The molecule has 59 valence electrons. The molecule has 0 aliphatic carbocycles. The minimum absolute atomic E-state index is 0.0463. The van der Waals surface area contributed by atoms with Crippen LogP contribution in [0.1, 0.15) is 26.7 Å². The average Bonchev–Trinajstić information content (AvgIpc) is 1.86. The highest BCUT2D eigenvalue weighted by Gasteiger charge is 2.02. The van der Waals surface area contributed by atoms with Gasteiger partial charge in [-0.25, -0.2) is 0 Å². The summed E-state index contributed by atoms with van der Waals surface area (Å²) >= 11 is 0. The van der Waals surface area contributed by atoms with Gasteiger partial charge in [-0.05, 0) is 24.8 Å². The molecular formula is C8H13F2. The highest BCUT2D eigenvalue weighted by atomic mass is 19.3. The van der Waals surface area contributed by atoms with Crippen molar-refractivity contribution in [3.8, 4) is 0 Å². The van der Waals surface area contributed by atoms with Crippen LogP contribution >= 0.6 is 0 Å². The molecule has 0 nitrogen and oxygen atoms in total. The Morgan fingerprint density at radius 1 is 1.50 bits per heavy atom. The largest absolute Gasteiger partial charge is 0.266 e. The first-order valence-electron chi connectivity index (χ1n) is 3.53. The van der Waals surface area contributed by atoms with Gasteiger partial charge in [0.05, 0.1) is 0 Å². The van der Waals surface area contributed by atoms with Crippen molar-refractivity contribution in [3.05, 3.63) is 18.6 Å². The second-order valence-electron chi connectivity index (χ2n) is 2.24. The van der Waals surface area contributed by atoms with E-state index in [9.17, 15) is 8.78 Å². The maximum Gasteiger partial charge on any atom is 0.266 e. The summed E-state index contributed by atoms with van der Waals surface area (Å²) in [5, 5.41) is 0. The minimum Gasteiger partial charge on any atom is -0.174 e. The van der Waals surface area contributed by atoms with Crippen molar-refractivity contribution in [1.29, 1.82) is 0 Å². The van der Waals surface area contributed by atoms with E-state index in [1.165, 1.54) is 0 Å². The fourth-order valence-electron chi connectivity index (χ4n) is 0.841. The minimum atomic E-state index is -1.57. The predicted octanol–water partition coefficient (Wildman–Crippen LogP) is 3.41. The summed E-state index contributed by atoms with van der Waals surface area (Å²) in [6.07, 6.45) is 2.98. The number of hydrogen-bond acceptors (Lipinski definition) is 0. The molecule has 0 heterocycles. The van der Waals surface area contributed by atoms with Crippen LogP contribution in [0.25, 0.3) is 0 Å². The molecule has 0 spiro atoms. The van der Waals surface area contributed by atoms with Crippen LogP contribution in [0.4, 0.5) is 8.78 Å². The standard InChI is InChI=1S/C8H13F2/c1-3-5-7(4-2)6-8(9)10/h4,6-7H,3,5H2,1-2H3. The van der Waals surface area contributed by atoms with E-state index in [1.807, 2.05) is 6.92 Å². The van der Waals surface area contributed by atoms with Crippen molar-refractivity contribution in [2.75, 3.05) is 0 Å². The summed E-state index contributed by atoms with van der Waals surface area (Å²) < 4.78 is 23.3. The normalized spacial score (nSPS) is 12.8. The molecule has 0 aromatic carbocycles. The van der Waals surface area contributed by atoms with Crippen LogP contribution < -0.4 is 0 Å². The highest BCUT2D eigenvalue weighted by molar-refractivity contribution is 4.93. The first-order chi connectivity index (χ1) is 4.70. The Balaban J connectivity index is 3.71. The van der Waals surface area contributed by atoms with Crippen LogP contribution in [0.15, 0.2) is 12.2 Å². The average molecular weight is 147 g/mol. The van der Waals surface area contributed by atoms with E-state index >= 15 is 0 Å². The Bertz CT molecular complexity index is 104. The van der Waals surface area contributed by atoms with Gasteiger partial charge in [-0.15, -0.1) is 0 Å². The zero-order chi connectivity index (χ0) is 7.98. The summed E-state index contributed by atoms with van der Waals surface area (Å²) in [5.74, 6) is -0.0463. The molecule has 1 atom stereocenters. The highest BCUT2D eigenvalue weighted by Crippen LogP contribution is 2.14. The quantitative estimate of drug-likeness (QED) is 0.571. The molecular weight excluding hydrogens is 134 g/mol. The molecule has 0 amide bonds. The first kappa shape index (κ1) is 9.60. The topological polar surface area (TPSA) is 0 Å². The molecule has 0 aromatic rings. The second-order valence-corrected chi connectivity index (χ2v) is 2.24. The summed E-state index contributed by atoms with van der Waals surface area (Å²) in [6.45, 7) is 3.79. The van der Waals surface area contributed by atoms with Gasteiger partial charge >= 0.3 is 0 Å². The molecule has 0 aliphatic rings. The van der Waals surface area contributed by atoms with E-state index in [1.54, 1.807) is 13.3 Å². The lowest BCUT2D eigenvalue weighted by Gasteiger charge is -2.05. The first-order valence-corrected chi connectivity index (χ1v) is 3.53. The van der Waals surface area contributed by atoms with Crippen molar-refractivity contribution in [1.82, 2.24) is 0 Å². The van der Waals surface area contributed by atoms with Crippen LogP contribution in [0.5, 0.6) is 0 Å². The van der Waals surface area contributed by atoms with Gasteiger partial charge in [-0.1, -0.05) is 20.3 Å². The summed E-state index contributed by atoms with van der Waals surface area (Å²) in [5.41, 5.74) is 0. The van der Waals surface area contributed by atoms with Gasteiger partial charge in [0.15, 0.2) is 0 Å². The predicted molar refractivity (Wildman–Crippen MR) is 38.7 cm³/mol. The molecule has 0 rings (SSSR count). The fraction of sp³-hybridized carbons (Fsp3) is 0.625. The number of hydrogen-bond donors (Lipinski definition) is 0. The summed E-state index contributed by atoms with van der Waals surface area (Å²) in [7, 11) is 0. The van der Waals surface area contributed by atoms with Crippen molar-refractivity contribution in [2.24, 2.45) is 5.92 Å². The van der Waals surface area contributed by atoms with E-state index in [0.29, 0.717) is 0 Å². The van der Waals surface area contributed by atoms with E-state index in [0.717, 1.165) is 18.9 Å². The van der Waals surface area contributed by atoms with Crippen LogP contribution in [0, 0.1) is 12.3 Å². The smallest absolute Gasteiger partial charge is 0.174 e. The summed E-state index contributed by atoms with van der Waals surface area (Å²) in [6, 6.07) is 0. The summed E-state index contributed by atoms with van der Waals surface area (Å²) in [4.78, 5) is 0. The third-order valence-corrected chi connectivity index (χ3v) is 1.39.